The third-order valence-corrected chi connectivity index (χ3v) is 8.68. The number of nitrogens with zero attached hydrogens (tertiary/aromatic N) is 2. The van der Waals surface area contributed by atoms with E-state index in [-0.39, 0.29) is 37.4 Å². The van der Waals surface area contributed by atoms with Crippen molar-refractivity contribution >= 4 is 35.4 Å². The molecule has 0 spiro atoms. The number of carbonyl (C=O) groups excluding carboxylic acids is 6. The number of Topliss-reactive ketones (excluding diaryl/α,β-unsaturated/α-hetero) is 1. The van der Waals surface area contributed by atoms with E-state index < -0.39 is 53.6 Å². The van der Waals surface area contributed by atoms with Gasteiger partial charge in [0.15, 0.2) is 0 Å². The Kier molecular flexibility index (Phi) is 12.5. The monoisotopic (exact) mass is 614 g/mol. The molecule has 3 aliphatic rings. The van der Waals surface area contributed by atoms with Gasteiger partial charge < -0.3 is 31.1 Å². The predicted octanol–water partition coefficient (Wildman–Crippen LogP) is 1.81. The Morgan fingerprint density at radius 3 is 2.34 bits per heavy atom. The Morgan fingerprint density at radius 2 is 1.70 bits per heavy atom. The number of carbonyl (C=O) groups is 6. The van der Waals surface area contributed by atoms with Crippen LogP contribution in [0.4, 0.5) is 4.79 Å². The summed E-state index contributed by atoms with van der Waals surface area (Å²) in [6, 6.07) is -2.64. The fraction of sp³-hybridized carbons (Fsp3) is 0.688. The summed E-state index contributed by atoms with van der Waals surface area (Å²) in [5.74, 6) is -2.33. The van der Waals surface area contributed by atoms with E-state index in [1.165, 1.54) is 11.0 Å². The first-order valence-corrected chi connectivity index (χ1v) is 15.8. The van der Waals surface area contributed by atoms with E-state index in [1.807, 2.05) is 25.7 Å². The number of ketones is 1. The van der Waals surface area contributed by atoms with Crippen LogP contribution in [0.15, 0.2) is 24.8 Å². The Hall–Kier alpha value is -3.70. The first-order valence-electron chi connectivity index (χ1n) is 15.8. The molecule has 0 aromatic heterocycles. The number of likely N-dealkylation sites (tertiary alicyclic amines) is 2. The molecular weight excluding hydrogens is 564 g/mol. The minimum Gasteiger partial charge on any atom is -0.347 e. The topological polar surface area (TPSA) is 157 Å². The number of piperidine rings is 1. The maximum atomic E-state index is 14.0. The second-order valence-corrected chi connectivity index (χ2v) is 13.3. The van der Waals surface area contributed by atoms with Crippen LogP contribution in [0.3, 0.4) is 0 Å². The summed E-state index contributed by atoms with van der Waals surface area (Å²) in [6.45, 7) is 13.8. The molecule has 12 nitrogen and oxygen atoms in total. The molecule has 4 N–H and O–H groups in total. The molecule has 3 atom stereocenters. The van der Waals surface area contributed by atoms with Gasteiger partial charge in [-0.05, 0) is 43.4 Å². The van der Waals surface area contributed by atoms with Crippen molar-refractivity contribution in [2.75, 3.05) is 32.7 Å². The van der Waals surface area contributed by atoms with E-state index in [1.54, 1.807) is 0 Å². The van der Waals surface area contributed by atoms with E-state index in [0.717, 1.165) is 44.9 Å². The van der Waals surface area contributed by atoms with Crippen molar-refractivity contribution < 1.29 is 28.8 Å². The van der Waals surface area contributed by atoms with Crippen LogP contribution in [-0.2, 0) is 24.0 Å². The van der Waals surface area contributed by atoms with E-state index in [0.29, 0.717) is 25.1 Å². The van der Waals surface area contributed by atoms with Crippen molar-refractivity contribution in [3.63, 3.8) is 0 Å². The number of amides is 6. The molecule has 0 aromatic carbocycles. The highest BCUT2D eigenvalue weighted by Crippen LogP contribution is 2.29. The minimum atomic E-state index is -0.973. The number of hydrogen-bond donors (Lipinski definition) is 4. The largest absolute Gasteiger partial charge is 0.347 e. The smallest absolute Gasteiger partial charge is 0.315 e. The molecular formula is C32H50N6O6. The Balaban J connectivity index is 1.70. The SMILES string of the molecule is C=CCNC(=O)C(=O)CNC(=O)[C@@H]1CC(=C)CN1C(=O)[C@@H](NC(=O)N[C@H](CN1CCCCC1=O)C1CCCCC1)C(C)(C)C. The van der Waals surface area contributed by atoms with Gasteiger partial charge in [-0.1, -0.05) is 58.3 Å². The molecule has 244 valence electrons. The first-order chi connectivity index (χ1) is 20.8. The van der Waals surface area contributed by atoms with E-state index in [2.05, 4.69) is 34.4 Å². The lowest BCUT2D eigenvalue weighted by molar-refractivity contribution is -0.142. The molecule has 44 heavy (non-hydrogen) atoms. The van der Waals surface area contributed by atoms with Crippen LogP contribution in [0, 0.1) is 11.3 Å². The first kappa shape index (κ1) is 34.8. The van der Waals surface area contributed by atoms with Gasteiger partial charge in [0.05, 0.1) is 12.6 Å². The van der Waals surface area contributed by atoms with E-state index in [9.17, 15) is 28.8 Å². The summed E-state index contributed by atoms with van der Waals surface area (Å²) >= 11 is 0. The summed E-state index contributed by atoms with van der Waals surface area (Å²) in [4.78, 5) is 80.4. The molecule has 1 aliphatic carbocycles. The second kappa shape index (κ2) is 15.9. The van der Waals surface area contributed by atoms with Crippen LogP contribution >= 0.6 is 0 Å². The van der Waals surface area contributed by atoms with Crippen molar-refractivity contribution in [1.82, 2.24) is 31.1 Å². The zero-order valence-corrected chi connectivity index (χ0v) is 26.5. The van der Waals surface area contributed by atoms with E-state index >= 15 is 0 Å². The molecule has 0 bridgehead atoms. The van der Waals surface area contributed by atoms with Crippen molar-refractivity contribution in [2.45, 2.75) is 96.7 Å². The number of urea groups is 1. The summed E-state index contributed by atoms with van der Waals surface area (Å²) < 4.78 is 0. The highest BCUT2D eigenvalue weighted by Gasteiger charge is 2.43. The van der Waals surface area contributed by atoms with Crippen LogP contribution in [-0.4, -0.2) is 96.1 Å². The molecule has 2 saturated heterocycles. The van der Waals surface area contributed by atoms with E-state index in [4.69, 9.17) is 0 Å². The molecule has 2 heterocycles. The van der Waals surface area contributed by atoms with Gasteiger partial charge >= 0.3 is 6.03 Å². The quantitative estimate of drug-likeness (QED) is 0.194. The van der Waals surface area contributed by atoms with Crippen LogP contribution in [0.2, 0.25) is 0 Å². The Labute approximate surface area is 260 Å². The normalized spacial score (nSPS) is 20.8. The van der Waals surface area contributed by atoms with Crippen LogP contribution in [0.5, 0.6) is 0 Å². The third kappa shape index (κ3) is 9.65. The van der Waals surface area contributed by atoms with Gasteiger partial charge in [-0.15, -0.1) is 6.58 Å². The molecule has 3 fully saturated rings. The fourth-order valence-electron chi connectivity index (χ4n) is 6.19. The van der Waals surface area contributed by atoms with Gasteiger partial charge in [0.2, 0.25) is 23.5 Å². The molecule has 0 aromatic rings. The van der Waals surface area contributed by atoms with Crippen LogP contribution < -0.4 is 21.3 Å². The summed E-state index contributed by atoms with van der Waals surface area (Å²) in [6.07, 6.45) is 9.25. The zero-order chi connectivity index (χ0) is 32.4. The molecule has 6 amide bonds. The average Bonchev–Trinajstić information content (AvgIpc) is 3.39. The minimum absolute atomic E-state index is 0.111. The average molecular weight is 615 g/mol. The Bertz CT molecular complexity index is 1120. The lowest BCUT2D eigenvalue weighted by Crippen LogP contribution is -2.61. The van der Waals surface area contributed by atoms with Gasteiger partial charge in [0, 0.05) is 32.6 Å². The van der Waals surface area contributed by atoms with Crippen molar-refractivity contribution in [3.8, 4) is 0 Å². The van der Waals surface area contributed by atoms with Crippen molar-refractivity contribution in [3.05, 3.63) is 24.8 Å². The van der Waals surface area contributed by atoms with Crippen molar-refractivity contribution in [1.29, 1.82) is 0 Å². The number of rotatable bonds is 12. The molecule has 3 rings (SSSR count). The summed E-state index contributed by atoms with van der Waals surface area (Å²) in [5.41, 5.74) is -0.0453. The summed E-state index contributed by atoms with van der Waals surface area (Å²) in [7, 11) is 0. The lowest BCUT2D eigenvalue weighted by atomic mass is 9.83. The lowest BCUT2D eigenvalue weighted by Gasteiger charge is -2.38. The third-order valence-electron chi connectivity index (χ3n) is 8.68. The highest BCUT2D eigenvalue weighted by molar-refractivity contribution is 6.37. The highest BCUT2D eigenvalue weighted by atomic mass is 16.2. The van der Waals surface area contributed by atoms with Gasteiger partial charge in [-0.3, -0.25) is 24.0 Å². The van der Waals surface area contributed by atoms with Crippen LogP contribution in [0.1, 0.15) is 78.6 Å². The fourth-order valence-corrected chi connectivity index (χ4v) is 6.19. The standard InChI is InChI=1S/C32H50N6O6/c1-6-15-33-29(42)25(39)18-34-28(41)24-17-21(2)19-38(24)30(43)27(32(3,4)5)36-31(44)35-23(22-12-8-7-9-13-22)20-37-16-11-10-14-26(37)40/h6,22-24,27H,1-2,7-20H2,3-5H3,(H,33,42)(H,34,41)(H2,35,36,44)/t23-,24+,27-/m1/s1. The molecule has 2 aliphatic heterocycles. The number of nitrogens with one attached hydrogen (secondary N) is 4. The zero-order valence-electron chi connectivity index (χ0n) is 26.5. The maximum absolute atomic E-state index is 14.0. The molecule has 0 radical (unpaired) electrons. The second-order valence-electron chi connectivity index (χ2n) is 13.3. The molecule has 1 saturated carbocycles. The summed E-state index contributed by atoms with van der Waals surface area (Å²) in [5, 5.41) is 10.8. The molecule has 12 heteroatoms. The van der Waals surface area contributed by atoms with Gasteiger partial charge in [-0.25, -0.2) is 4.79 Å². The van der Waals surface area contributed by atoms with Gasteiger partial charge in [0.1, 0.15) is 12.1 Å². The maximum Gasteiger partial charge on any atom is 0.315 e. The predicted molar refractivity (Wildman–Crippen MR) is 166 cm³/mol. The van der Waals surface area contributed by atoms with Gasteiger partial charge in [-0.2, -0.15) is 0 Å². The Morgan fingerprint density at radius 1 is 1.00 bits per heavy atom. The van der Waals surface area contributed by atoms with Gasteiger partial charge in [0.25, 0.3) is 5.91 Å². The van der Waals surface area contributed by atoms with Crippen LogP contribution in [0.25, 0.3) is 0 Å². The van der Waals surface area contributed by atoms with Crippen molar-refractivity contribution in [2.24, 2.45) is 11.3 Å². The number of hydrogen-bond acceptors (Lipinski definition) is 6. The molecule has 0 unspecified atom stereocenters.